The van der Waals surface area contributed by atoms with Crippen molar-refractivity contribution in [3.63, 3.8) is 0 Å². The predicted molar refractivity (Wildman–Crippen MR) is 150 cm³/mol. The summed E-state index contributed by atoms with van der Waals surface area (Å²) in [5.74, 6) is -1.85. The Morgan fingerprint density at radius 2 is 1.84 bits per heavy atom. The fourth-order valence-corrected chi connectivity index (χ4v) is 6.13. The molecule has 0 saturated heterocycles. The average Bonchev–Trinajstić information content (AvgIpc) is 2.86. The summed E-state index contributed by atoms with van der Waals surface area (Å²) in [5.41, 5.74) is 4.03. The van der Waals surface area contributed by atoms with Crippen molar-refractivity contribution in [1.29, 1.82) is 5.26 Å². The maximum atomic E-state index is 13.6. The van der Waals surface area contributed by atoms with Crippen LogP contribution in [0.1, 0.15) is 71.8 Å². The number of hydrogen-bond acceptors (Lipinski definition) is 8. The van der Waals surface area contributed by atoms with Gasteiger partial charge in [-0.25, -0.2) is 0 Å². The van der Waals surface area contributed by atoms with Crippen LogP contribution in [0.4, 0.5) is 0 Å². The van der Waals surface area contributed by atoms with Gasteiger partial charge in [0.05, 0.1) is 22.3 Å². The molecule has 0 aliphatic rings. The fraction of sp³-hybridized carbons (Fsp3) is 0.593. The highest BCUT2D eigenvalue weighted by molar-refractivity contribution is 8.25. The van der Waals surface area contributed by atoms with Crippen LogP contribution in [0.5, 0.6) is 0 Å². The van der Waals surface area contributed by atoms with E-state index in [4.69, 9.17) is 22.7 Å². The van der Waals surface area contributed by atoms with Crippen LogP contribution in [0.25, 0.3) is 0 Å². The molecule has 1 amide bonds. The zero-order valence-electron chi connectivity index (χ0n) is 22.2. The Morgan fingerprint density at radius 3 is 2.38 bits per heavy atom. The van der Waals surface area contributed by atoms with Crippen LogP contribution in [0.3, 0.4) is 0 Å². The Balaban J connectivity index is 3.45. The van der Waals surface area contributed by atoms with E-state index in [1.54, 1.807) is 20.8 Å². The molecular formula is C27H39N3O5S2. The molecule has 0 aliphatic carbocycles. The molecule has 204 valence electrons. The maximum absolute atomic E-state index is 13.6. The van der Waals surface area contributed by atoms with Gasteiger partial charge in [-0.1, -0.05) is 68.2 Å². The first-order valence-electron chi connectivity index (χ1n) is 12.4. The van der Waals surface area contributed by atoms with Crippen molar-refractivity contribution in [3.05, 3.63) is 35.9 Å². The Bertz CT molecular complexity index is 984. The van der Waals surface area contributed by atoms with Crippen molar-refractivity contribution in [2.75, 3.05) is 19.7 Å². The van der Waals surface area contributed by atoms with Crippen molar-refractivity contribution in [2.45, 2.75) is 71.0 Å². The van der Waals surface area contributed by atoms with E-state index in [9.17, 15) is 24.8 Å². The Hall–Kier alpha value is -2.48. The number of nitriles is 1. The number of hydrogen-bond donors (Lipinski definition) is 3. The van der Waals surface area contributed by atoms with Gasteiger partial charge in [0, 0.05) is 18.4 Å². The number of nitrogens with one attached hydrogen (secondary N) is 1. The summed E-state index contributed by atoms with van der Waals surface area (Å²) in [6.07, 6.45) is 1.13. The van der Waals surface area contributed by atoms with Gasteiger partial charge in [-0.3, -0.25) is 14.4 Å². The highest BCUT2D eigenvalue weighted by atomic mass is 32.2. The third-order valence-electron chi connectivity index (χ3n) is 6.08. The standard InChI is InChI=1S/C27H39N3O5S2/c1-5-16-35-24(34)27(4,37-22(36)20-10-7-6-8-11-20)18-26(3,23(33)30-15-9-14-28)17-25(2,19-29)13-12-21(31)32/h6-8,10-11H,5,9,12-18,28H2,1-4H3,(H,30,33)(H,31,32). The molecule has 0 bridgehead atoms. The molecule has 1 rings (SSSR count). The molecule has 1 aromatic carbocycles. The third-order valence-corrected chi connectivity index (χ3v) is 7.75. The van der Waals surface area contributed by atoms with Gasteiger partial charge in [-0.05, 0) is 58.1 Å². The molecule has 0 aromatic heterocycles. The zero-order valence-corrected chi connectivity index (χ0v) is 23.8. The highest BCUT2D eigenvalue weighted by Gasteiger charge is 2.49. The number of rotatable bonds is 16. The normalized spacial score (nSPS) is 15.8. The van der Waals surface area contributed by atoms with E-state index < -0.39 is 27.5 Å². The number of benzene rings is 1. The smallest absolute Gasteiger partial charge is 0.322 e. The molecule has 4 N–H and O–H groups in total. The average molecular weight is 550 g/mol. The van der Waals surface area contributed by atoms with Gasteiger partial charge in [0.15, 0.2) is 0 Å². The van der Waals surface area contributed by atoms with E-state index in [0.29, 0.717) is 30.1 Å². The van der Waals surface area contributed by atoms with Gasteiger partial charge in [0.1, 0.15) is 4.75 Å². The Kier molecular flexibility index (Phi) is 13.2. The van der Waals surface area contributed by atoms with Crippen molar-refractivity contribution >= 4 is 46.0 Å². The molecule has 0 aliphatic heterocycles. The molecule has 0 heterocycles. The van der Waals surface area contributed by atoms with E-state index in [0.717, 1.165) is 17.3 Å². The van der Waals surface area contributed by atoms with Crippen LogP contribution in [-0.4, -0.2) is 51.6 Å². The van der Waals surface area contributed by atoms with Crippen LogP contribution >= 0.6 is 24.0 Å². The van der Waals surface area contributed by atoms with Crippen molar-refractivity contribution in [2.24, 2.45) is 16.6 Å². The van der Waals surface area contributed by atoms with Crippen LogP contribution in [-0.2, 0) is 19.1 Å². The molecule has 1 aromatic rings. The summed E-state index contributed by atoms with van der Waals surface area (Å²) in [4.78, 5) is 38.2. The number of amides is 1. The summed E-state index contributed by atoms with van der Waals surface area (Å²) in [7, 11) is 0. The minimum atomic E-state index is -1.24. The van der Waals surface area contributed by atoms with Gasteiger partial charge in [0.2, 0.25) is 5.91 Å². The highest BCUT2D eigenvalue weighted by Crippen LogP contribution is 2.47. The number of thioether (sulfide) groups is 1. The molecule has 0 saturated carbocycles. The second-order valence-electron chi connectivity index (χ2n) is 10.0. The lowest BCUT2D eigenvalue weighted by atomic mass is 9.67. The van der Waals surface area contributed by atoms with Crippen LogP contribution in [0.2, 0.25) is 0 Å². The number of carbonyl (C=O) groups is 3. The lowest BCUT2D eigenvalue weighted by Gasteiger charge is -2.40. The van der Waals surface area contributed by atoms with Gasteiger partial charge in [-0.2, -0.15) is 5.26 Å². The summed E-state index contributed by atoms with van der Waals surface area (Å²) < 4.78 is 4.78. The number of carbonyl (C=O) groups excluding carboxylic acids is 2. The van der Waals surface area contributed by atoms with Crippen LogP contribution < -0.4 is 11.1 Å². The first-order chi connectivity index (χ1) is 17.3. The second kappa shape index (κ2) is 15.1. The number of carboxylic acid groups (broad SMARTS) is 1. The monoisotopic (exact) mass is 549 g/mol. The molecule has 8 nitrogen and oxygen atoms in total. The lowest BCUT2D eigenvalue weighted by Crippen LogP contribution is -2.49. The molecule has 0 spiro atoms. The largest absolute Gasteiger partial charge is 0.481 e. The molecule has 3 unspecified atom stereocenters. The van der Waals surface area contributed by atoms with E-state index in [-0.39, 0.29) is 38.2 Å². The first kappa shape index (κ1) is 32.5. The quantitative estimate of drug-likeness (QED) is 0.155. The summed E-state index contributed by atoms with van der Waals surface area (Å²) >= 11 is 6.83. The first-order valence-corrected chi connectivity index (χ1v) is 13.6. The molecule has 0 radical (unpaired) electrons. The van der Waals surface area contributed by atoms with Gasteiger partial charge < -0.3 is 20.9 Å². The van der Waals surface area contributed by atoms with E-state index in [1.807, 2.05) is 37.3 Å². The molecular weight excluding hydrogens is 510 g/mol. The third kappa shape index (κ3) is 10.4. The number of nitrogens with zero attached hydrogens (tertiary/aromatic N) is 1. The number of carboxylic acids is 1. The second-order valence-corrected chi connectivity index (χ2v) is 12.2. The van der Waals surface area contributed by atoms with Gasteiger partial charge in [0.25, 0.3) is 0 Å². The van der Waals surface area contributed by atoms with Crippen molar-refractivity contribution in [1.82, 2.24) is 5.32 Å². The van der Waals surface area contributed by atoms with Crippen LogP contribution in [0.15, 0.2) is 30.3 Å². The molecule has 37 heavy (non-hydrogen) atoms. The minimum absolute atomic E-state index is 0.0268. The zero-order chi connectivity index (χ0) is 28.1. The maximum Gasteiger partial charge on any atom is 0.322 e. The minimum Gasteiger partial charge on any atom is -0.481 e. The predicted octanol–water partition coefficient (Wildman–Crippen LogP) is 4.45. The summed E-state index contributed by atoms with van der Waals surface area (Å²) in [5, 5.41) is 22.0. The number of thiocarbonyl (C=S) groups is 1. The van der Waals surface area contributed by atoms with Crippen LogP contribution in [0, 0.1) is 22.2 Å². The molecule has 0 fully saturated rings. The van der Waals surface area contributed by atoms with Gasteiger partial charge >= 0.3 is 11.9 Å². The lowest BCUT2D eigenvalue weighted by molar-refractivity contribution is -0.148. The topological polar surface area (TPSA) is 143 Å². The molecule has 10 heteroatoms. The van der Waals surface area contributed by atoms with Crippen molar-refractivity contribution in [3.8, 4) is 6.07 Å². The van der Waals surface area contributed by atoms with E-state index >= 15 is 0 Å². The Labute approximate surface area is 229 Å². The number of ether oxygens (including phenoxy) is 1. The van der Waals surface area contributed by atoms with Gasteiger partial charge in [-0.15, -0.1) is 0 Å². The fourth-order valence-electron chi connectivity index (χ4n) is 4.25. The Morgan fingerprint density at radius 1 is 1.19 bits per heavy atom. The summed E-state index contributed by atoms with van der Waals surface area (Å²) in [6, 6.07) is 11.5. The molecule has 3 atom stereocenters. The number of nitrogens with two attached hydrogens (primary N) is 1. The number of esters is 1. The van der Waals surface area contributed by atoms with Crippen molar-refractivity contribution < 1.29 is 24.2 Å². The van der Waals surface area contributed by atoms with E-state index in [1.165, 1.54) is 0 Å². The van der Waals surface area contributed by atoms with E-state index in [2.05, 4.69) is 11.4 Å². The SMILES string of the molecule is CCCOC(=O)C(C)(CC(C)(CC(C)(C#N)CCC(=O)O)C(=O)NCCCN)SC(=S)c1ccccc1. The summed E-state index contributed by atoms with van der Waals surface area (Å²) in [6.45, 7) is 7.92. The number of aliphatic carboxylic acids is 1.